The highest BCUT2D eigenvalue weighted by atomic mass is 14.9. The van der Waals surface area contributed by atoms with Crippen LogP contribution in [0.3, 0.4) is 0 Å². The van der Waals surface area contributed by atoms with E-state index in [0.29, 0.717) is 5.41 Å². The molecule has 0 amide bonds. The second-order valence-corrected chi connectivity index (χ2v) is 8.74. The molecule has 132 valence electrons. The largest absolute Gasteiger partial charge is 0.212 e. The number of hydrogen-bond acceptors (Lipinski definition) is 0. The Labute approximate surface area is 153 Å². The summed E-state index contributed by atoms with van der Waals surface area (Å²) < 4.78 is 2.34. The molecule has 2 aliphatic rings. The van der Waals surface area contributed by atoms with Crippen molar-refractivity contribution in [3.05, 3.63) is 53.2 Å². The summed E-state index contributed by atoms with van der Waals surface area (Å²) in [5.41, 5.74) is 7.59. The molecule has 2 aromatic rings. The molecule has 0 unspecified atom stereocenters. The normalized spacial score (nSPS) is 20.3. The molecule has 1 aromatic heterocycles. The van der Waals surface area contributed by atoms with Crippen LogP contribution in [0.5, 0.6) is 0 Å². The van der Waals surface area contributed by atoms with Gasteiger partial charge in [-0.2, -0.15) is 0 Å². The molecular weight excluding hydrogens is 302 g/mol. The van der Waals surface area contributed by atoms with E-state index in [-0.39, 0.29) is 0 Å². The quantitative estimate of drug-likeness (QED) is 0.608. The van der Waals surface area contributed by atoms with Crippen molar-refractivity contribution in [1.29, 1.82) is 0 Å². The van der Waals surface area contributed by atoms with Gasteiger partial charge in [-0.1, -0.05) is 44.7 Å². The van der Waals surface area contributed by atoms with Gasteiger partial charge in [0.15, 0.2) is 6.20 Å². The van der Waals surface area contributed by atoms with Crippen molar-refractivity contribution < 1.29 is 4.57 Å². The number of rotatable bonds is 3. The van der Waals surface area contributed by atoms with Crippen LogP contribution in [0, 0.1) is 6.92 Å². The molecule has 0 aliphatic heterocycles. The zero-order chi connectivity index (χ0) is 17.4. The molecule has 2 saturated carbocycles. The van der Waals surface area contributed by atoms with Crippen LogP contribution in [0.15, 0.2) is 36.5 Å². The van der Waals surface area contributed by atoms with Crippen LogP contribution in [0.25, 0.3) is 11.3 Å². The van der Waals surface area contributed by atoms with Crippen LogP contribution < -0.4 is 4.57 Å². The van der Waals surface area contributed by atoms with Crippen molar-refractivity contribution in [2.45, 2.75) is 76.5 Å². The first-order valence-corrected chi connectivity index (χ1v) is 10.2. The highest BCUT2D eigenvalue weighted by Crippen LogP contribution is 2.41. The van der Waals surface area contributed by atoms with E-state index in [2.05, 4.69) is 62.0 Å². The van der Waals surface area contributed by atoms with Crippen molar-refractivity contribution >= 4 is 0 Å². The minimum absolute atomic E-state index is 0.401. The van der Waals surface area contributed by atoms with Crippen LogP contribution >= 0.6 is 0 Å². The Morgan fingerprint density at radius 2 is 1.68 bits per heavy atom. The maximum absolute atomic E-state index is 2.45. The Morgan fingerprint density at radius 3 is 2.32 bits per heavy atom. The van der Waals surface area contributed by atoms with Gasteiger partial charge in [-0.05, 0) is 67.2 Å². The molecule has 2 aliphatic carbocycles. The maximum atomic E-state index is 2.45. The summed E-state index contributed by atoms with van der Waals surface area (Å²) in [4.78, 5) is 0. The van der Waals surface area contributed by atoms with Gasteiger partial charge in [0.25, 0.3) is 0 Å². The molecule has 0 N–H and O–H groups in total. The molecule has 0 radical (unpaired) electrons. The predicted octanol–water partition coefficient (Wildman–Crippen LogP) is 5.98. The first-order valence-electron chi connectivity index (χ1n) is 10.2. The molecule has 1 nitrogen and oxygen atoms in total. The van der Waals surface area contributed by atoms with Gasteiger partial charge >= 0.3 is 0 Å². The van der Waals surface area contributed by atoms with E-state index in [1.165, 1.54) is 79.3 Å². The summed E-state index contributed by atoms with van der Waals surface area (Å²) in [7, 11) is 2.21. The van der Waals surface area contributed by atoms with Crippen LogP contribution in [0.1, 0.15) is 80.9 Å². The highest BCUT2D eigenvalue weighted by molar-refractivity contribution is 5.62. The van der Waals surface area contributed by atoms with E-state index in [1.54, 1.807) is 0 Å². The van der Waals surface area contributed by atoms with Crippen LogP contribution in [0.2, 0.25) is 0 Å². The third kappa shape index (κ3) is 3.14. The zero-order valence-electron chi connectivity index (χ0n) is 16.1. The molecule has 0 bridgehead atoms. The number of nitrogens with zero attached hydrogens (tertiary/aromatic N) is 1. The Kier molecular flexibility index (Phi) is 4.43. The summed E-state index contributed by atoms with van der Waals surface area (Å²) in [6.07, 6.45) is 13.4. The fraction of sp³-hybridized carbons (Fsp3) is 0.542. The Hall–Kier alpha value is -1.63. The molecule has 4 rings (SSSR count). The average molecular weight is 335 g/mol. The molecule has 25 heavy (non-hydrogen) atoms. The van der Waals surface area contributed by atoms with Crippen LogP contribution in [0.4, 0.5) is 0 Å². The van der Waals surface area contributed by atoms with E-state index >= 15 is 0 Å². The summed E-state index contributed by atoms with van der Waals surface area (Å²) >= 11 is 0. The number of benzene rings is 1. The minimum atomic E-state index is 0.401. The van der Waals surface area contributed by atoms with Crippen molar-refractivity contribution in [1.82, 2.24) is 0 Å². The lowest BCUT2D eigenvalue weighted by Gasteiger charge is -2.25. The summed E-state index contributed by atoms with van der Waals surface area (Å²) in [6, 6.07) is 11.9. The lowest BCUT2D eigenvalue weighted by molar-refractivity contribution is -0.660. The first kappa shape index (κ1) is 16.8. The fourth-order valence-electron chi connectivity index (χ4n) is 5.18. The number of pyridine rings is 1. The second-order valence-electron chi connectivity index (χ2n) is 8.74. The predicted molar refractivity (Wildman–Crippen MR) is 105 cm³/mol. The minimum Gasteiger partial charge on any atom is -0.201 e. The fourth-order valence-corrected chi connectivity index (χ4v) is 5.18. The van der Waals surface area contributed by atoms with Crippen molar-refractivity contribution in [3.63, 3.8) is 0 Å². The van der Waals surface area contributed by atoms with Gasteiger partial charge in [0.1, 0.15) is 7.05 Å². The molecule has 1 heterocycles. The van der Waals surface area contributed by atoms with Crippen LogP contribution in [-0.4, -0.2) is 0 Å². The lowest BCUT2D eigenvalue weighted by Crippen LogP contribution is -2.31. The second kappa shape index (κ2) is 6.59. The van der Waals surface area contributed by atoms with E-state index in [4.69, 9.17) is 0 Å². The van der Waals surface area contributed by atoms with Gasteiger partial charge in [0.2, 0.25) is 5.69 Å². The zero-order valence-corrected chi connectivity index (χ0v) is 16.1. The Bertz CT molecular complexity index is 762. The monoisotopic (exact) mass is 334 g/mol. The van der Waals surface area contributed by atoms with E-state index in [0.717, 1.165) is 5.92 Å². The number of aryl methyl sites for hydroxylation is 2. The summed E-state index contributed by atoms with van der Waals surface area (Å²) in [6.45, 7) is 4.73. The molecule has 1 heteroatoms. The smallest absolute Gasteiger partial charge is 0.201 e. The first-order chi connectivity index (χ1) is 12.1. The van der Waals surface area contributed by atoms with Crippen molar-refractivity contribution in [3.8, 4) is 11.3 Å². The topological polar surface area (TPSA) is 3.88 Å². The van der Waals surface area contributed by atoms with E-state index in [9.17, 15) is 0 Å². The van der Waals surface area contributed by atoms with Crippen molar-refractivity contribution in [2.75, 3.05) is 0 Å². The molecule has 0 saturated heterocycles. The molecule has 0 atom stereocenters. The SMILES string of the molecule is Cc1cc(C2(C)CCCC2)ccc1-c1ccc(C2CCCC2)c[n+]1C. The highest BCUT2D eigenvalue weighted by Gasteiger charge is 2.31. The van der Waals surface area contributed by atoms with Gasteiger partial charge in [0.05, 0.1) is 0 Å². The summed E-state index contributed by atoms with van der Waals surface area (Å²) in [5.74, 6) is 0.783. The third-order valence-electron chi connectivity index (χ3n) is 6.89. The average Bonchev–Trinajstić information content (AvgIpc) is 3.27. The van der Waals surface area contributed by atoms with Crippen molar-refractivity contribution in [2.24, 2.45) is 7.05 Å². The summed E-state index contributed by atoms with van der Waals surface area (Å²) in [5, 5.41) is 0. The van der Waals surface area contributed by atoms with E-state index < -0.39 is 0 Å². The Morgan fingerprint density at radius 1 is 0.960 bits per heavy atom. The molecule has 2 fully saturated rings. The molecular formula is C24H32N+. The van der Waals surface area contributed by atoms with Gasteiger partial charge in [0, 0.05) is 17.2 Å². The molecule has 1 aromatic carbocycles. The van der Waals surface area contributed by atoms with E-state index in [1.807, 2.05) is 0 Å². The van der Waals surface area contributed by atoms with Gasteiger partial charge in [-0.15, -0.1) is 0 Å². The Balaban J connectivity index is 1.65. The number of aromatic nitrogens is 1. The van der Waals surface area contributed by atoms with Gasteiger partial charge < -0.3 is 0 Å². The maximum Gasteiger partial charge on any atom is 0.212 e. The lowest BCUT2D eigenvalue weighted by atomic mass is 9.80. The van der Waals surface area contributed by atoms with Gasteiger partial charge in [-0.3, -0.25) is 0 Å². The number of hydrogen-bond donors (Lipinski definition) is 0. The van der Waals surface area contributed by atoms with Gasteiger partial charge in [-0.25, -0.2) is 4.57 Å². The molecule has 0 spiro atoms. The van der Waals surface area contributed by atoms with Crippen LogP contribution in [-0.2, 0) is 12.5 Å². The third-order valence-corrected chi connectivity index (χ3v) is 6.89. The standard InChI is InChI=1S/C24H32N/c1-18-16-21(24(2)14-6-7-15-24)11-12-22(18)23-13-10-20(17-25(23)3)19-8-4-5-9-19/h10-13,16-17,19H,4-9,14-15H2,1-3H3/q+1.